The van der Waals surface area contributed by atoms with Crippen molar-refractivity contribution in [3.63, 3.8) is 0 Å². The van der Waals surface area contributed by atoms with Gasteiger partial charge in [-0.25, -0.2) is 4.79 Å². The van der Waals surface area contributed by atoms with Crippen LogP contribution in [0.2, 0.25) is 0 Å². The van der Waals surface area contributed by atoms with Gasteiger partial charge >= 0.3 is 5.97 Å². The maximum atomic E-state index is 12.7. The monoisotopic (exact) mass is 429 g/mol. The Labute approximate surface area is 186 Å². The molecule has 2 heterocycles. The Morgan fingerprint density at radius 1 is 0.938 bits per heavy atom. The van der Waals surface area contributed by atoms with Gasteiger partial charge in [-0.1, -0.05) is 36.4 Å². The molecule has 0 fully saturated rings. The van der Waals surface area contributed by atoms with Gasteiger partial charge in [0.25, 0.3) is 5.91 Å². The molecule has 162 valence electrons. The summed E-state index contributed by atoms with van der Waals surface area (Å²) >= 11 is 0. The highest BCUT2D eigenvalue weighted by Gasteiger charge is 2.28. The van der Waals surface area contributed by atoms with Gasteiger partial charge in [-0.3, -0.25) is 4.79 Å². The zero-order valence-electron chi connectivity index (χ0n) is 17.5. The molecular formula is C26H23NO5. The number of hydrogen-bond acceptors (Lipinski definition) is 5. The van der Waals surface area contributed by atoms with Crippen molar-refractivity contribution in [1.82, 2.24) is 5.32 Å². The number of amides is 1. The lowest BCUT2D eigenvalue weighted by atomic mass is 9.93. The van der Waals surface area contributed by atoms with Gasteiger partial charge in [-0.05, 0) is 53.4 Å². The van der Waals surface area contributed by atoms with E-state index in [1.54, 1.807) is 18.2 Å². The van der Waals surface area contributed by atoms with Gasteiger partial charge in [0.05, 0.1) is 5.56 Å². The van der Waals surface area contributed by atoms with E-state index in [2.05, 4.69) is 5.32 Å². The lowest BCUT2D eigenvalue weighted by Crippen LogP contribution is -2.27. The van der Waals surface area contributed by atoms with Crippen LogP contribution < -0.4 is 14.8 Å². The number of carbonyl (C=O) groups is 2. The third kappa shape index (κ3) is 4.17. The molecule has 2 aliphatic heterocycles. The molecule has 32 heavy (non-hydrogen) atoms. The molecule has 3 aromatic carbocycles. The third-order valence-corrected chi connectivity index (χ3v) is 5.72. The van der Waals surface area contributed by atoms with Crippen LogP contribution in [0.25, 0.3) is 0 Å². The summed E-state index contributed by atoms with van der Waals surface area (Å²) in [6.07, 6.45) is 0.879. The minimum Gasteiger partial charge on any atom is -0.486 e. The first-order valence-corrected chi connectivity index (χ1v) is 10.7. The number of rotatable bonds is 5. The summed E-state index contributed by atoms with van der Waals surface area (Å²) in [4.78, 5) is 25.2. The highest BCUT2D eigenvalue weighted by Crippen LogP contribution is 2.32. The molecule has 0 saturated heterocycles. The van der Waals surface area contributed by atoms with Crippen LogP contribution in [0.3, 0.4) is 0 Å². The maximum Gasteiger partial charge on any atom is 0.339 e. The second kappa shape index (κ2) is 8.75. The van der Waals surface area contributed by atoms with Crippen molar-refractivity contribution in [1.29, 1.82) is 0 Å². The first-order chi connectivity index (χ1) is 15.7. The van der Waals surface area contributed by atoms with E-state index in [0.29, 0.717) is 43.7 Å². The smallest absolute Gasteiger partial charge is 0.339 e. The molecule has 1 amide bonds. The van der Waals surface area contributed by atoms with Gasteiger partial charge in [0.2, 0.25) is 0 Å². The van der Waals surface area contributed by atoms with Gasteiger partial charge in [-0.15, -0.1) is 0 Å². The van der Waals surface area contributed by atoms with Crippen molar-refractivity contribution < 1.29 is 23.8 Å². The summed E-state index contributed by atoms with van der Waals surface area (Å²) < 4.78 is 16.7. The number of fused-ring (bicyclic) bond motifs is 2. The normalized spacial score (nSPS) is 16.6. The standard InChI is InChI=1S/C26H23NO5/c28-25(27-11-10-17-6-9-22-24(14-17)31-13-12-30-22)19-7-8-21-20(15-19)16-23(32-26(21)29)18-4-2-1-3-5-18/h1-9,14-15,23H,10-13,16H2,(H,27,28). The Balaban J connectivity index is 1.24. The van der Waals surface area contributed by atoms with Crippen LogP contribution >= 0.6 is 0 Å². The average Bonchev–Trinajstić information content (AvgIpc) is 2.84. The Kier molecular flexibility index (Phi) is 5.50. The largest absolute Gasteiger partial charge is 0.486 e. The summed E-state index contributed by atoms with van der Waals surface area (Å²) in [5.41, 5.74) is 3.89. The van der Waals surface area contributed by atoms with Crippen LogP contribution in [-0.2, 0) is 17.6 Å². The molecule has 1 unspecified atom stereocenters. The van der Waals surface area contributed by atoms with Crippen molar-refractivity contribution in [2.24, 2.45) is 0 Å². The number of esters is 1. The molecule has 3 aromatic rings. The Bertz CT molecular complexity index is 1160. The summed E-state index contributed by atoms with van der Waals surface area (Å²) in [5.74, 6) is 0.978. The van der Waals surface area contributed by atoms with Crippen molar-refractivity contribution >= 4 is 11.9 Å². The Morgan fingerprint density at radius 2 is 1.75 bits per heavy atom. The summed E-state index contributed by atoms with van der Waals surface area (Å²) in [7, 11) is 0. The first-order valence-electron chi connectivity index (χ1n) is 10.7. The van der Waals surface area contributed by atoms with Gasteiger partial charge in [0, 0.05) is 18.5 Å². The molecule has 1 atom stereocenters. The van der Waals surface area contributed by atoms with Gasteiger partial charge in [-0.2, -0.15) is 0 Å². The number of ether oxygens (including phenoxy) is 3. The fourth-order valence-corrected chi connectivity index (χ4v) is 4.06. The fraction of sp³-hybridized carbons (Fsp3) is 0.231. The van der Waals surface area contributed by atoms with Gasteiger partial charge in [0.15, 0.2) is 11.5 Å². The Morgan fingerprint density at radius 3 is 2.59 bits per heavy atom. The summed E-state index contributed by atoms with van der Waals surface area (Å²) in [6.45, 7) is 1.60. The van der Waals surface area contributed by atoms with E-state index in [1.807, 2.05) is 48.5 Å². The lowest BCUT2D eigenvalue weighted by molar-refractivity contribution is 0.0252. The van der Waals surface area contributed by atoms with Crippen LogP contribution in [-0.4, -0.2) is 31.6 Å². The molecule has 6 heteroatoms. The van der Waals surface area contributed by atoms with E-state index in [0.717, 1.165) is 28.2 Å². The minimum absolute atomic E-state index is 0.166. The molecule has 0 aromatic heterocycles. The van der Waals surface area contributed by atoms with Crippen LogP contribution in [0, 0.1) is 0 Å². The molecule has 0 aliphatic carbocycles. The molecule has 6 nitrogen and oxygen atoms in total. The lowest BCUT2D eigenvalue weighted by Gasteiger charge is -2.25. The number of carbonyl (C=O) groups excluding carboxylic acids is 2. The molecule has 1 N–H and O–H groups in total. The topological polar surface area (TPSA) is 73.9 Å². The number of nitrogens with one attached hydrogen (secondary N) is 1. The van der Waals surface area contributed by atoms with E-state index >= 15 is 0 Å². The van der Waals surface area contributed by atoms with Crippen molar-refractivity contribution in [2.45, 2.75) is 18.9 Å². The van der Waals surface area contributed by atoms with E-state index in [9.17, 15) is 9.59 Å². The van der Waals surface area contributed by atoms with Gasteiger partial charge in [0.1, 0.15) is 19.3 Å². The summed E-state index contributed by atoms with van der Waals surface area (Å²) in [6, 6.07) is 20.6. The fourth-order valence-electron chi connectivity index (χ4n) is 4.06. The SMILES string of the molecule is O=C(NCCc1ccc2c(c1)OCCO2)c1ccc2c(c1)CC(c1ccccc1)OC2=O. The highest BCUT2D eigenvalue weighted by atomic mass is 16.6. The zero-order chi connectivity index (χ0) is 21.9. The predicted octanol–water partition coefficient (Wildman–Crippen LogP) is 3.88. The molecule has 2 aliphatic rings. The molecule has 0 spiro atoms. The molecule has 0 bridgehead atoms. The molecule has 0 radical (unpaired) electrons. The van der Waals surface area contributed by atoms with E-state index in [-0.39, 0.29) is 18.0 Å². The maximum absolute atomic E-state index is 12.7. The van der Waals surface area contributed by atoms with E-state index in [4.69, 9.17) is 14.2 Å². The van der Waals surface area contributed by atoms with Crippen LogP contribution in [0.5, 0.6) is 11.5 Å². The van der Waals surface area contributed by atoms with Crippen molar-refractivity contribution in [3.8, 4) is 11.5 Å². The third-order valence-electron chi connectivity index (χ3n) is 5.72. The molecule has 0 saturated carbocycles. The van der Waals surface area contributed by atoms with Crippen LogP contribution in [0.4, 0.5) is 0 Å². The van der Waals surface area contributed by atoms with Crippen LogP contribution in [0.15, 0.2) is 66.7 Å². The second-order valence-corrected chi connectivity index (χ2v) is 7.86. The zero-order valence-corrected chi connectivity index (χ0v) is 17.5. The Hall–Kier alpha value is -3.80. The minimum atomic E-state index is -0.356. The number of benzene rings is 3. The number of hydrogen-bond donors (Lipinski definition) is 1. The van der Waals surface area contributed by atoms with E-state index < -0.39 is 0 Å². The van der Waals surface area contributed by atoms with Crippen LogP contribution in [0.1, 0.15) is 43.5 Å². The molecule has 5 rings (SSSR count). The quantitative estimate of drug-likeness (QED) is 0.623. The van der Waals surface area contributed by atoms with Crippen molar-refractivity contribution in [2.75, 3.05) is 19.8 Å². The number of cyclic esters (lactones) is 1. The first kappa shape index (κ1) is 20.1. The molecular weight excluding hydrogens is 406 g/mol. The van der Waals surface area contributed by atoms with Crippen molar-refractivity contribution in [3.05, 3.63) is 94.5 Å². The van der Waals surface area contributed by atoms with Gasteiger partial charge < -0.3 is 19.5 Å². The second-order valence-electron chi connectivity index (χ2n) is 7.86. The highest BCUT2D eigenvalue weighted by molar-refractivity contribution is 5.97. The average molecular weight is 429 g/mol. The summed E-state index contributed by atoms with van der Waals surface area (Å²) in [5, 5.41) is 2.96. The predicted molar refractivity (Wildman–Crippen MR) is 118 cm³/mol. The van der Waals surface area contributed by atoms with E-state index in [1.165, 1.54) is 0 Å².